The van der Waals surface area contributed by atoms with E-state index in [0.717, 1.165) is 24.2 Å². The van der Waals surface area contributed by atoms with E-state index >= 15 is 0 Å². The first-order chi connectivity index (χ1) is 14.3. The molecule has 2 aliphatic rings. The van der Waals surface area contributed by atoms with Crippen molar-refractivity contribution in [2.45, 2.75) is 51.0 Å². The number of ether oxygens (including phenoxy) is 2. The van der Waals surface area contributed by atoms with Gasteiger partial charge in [-0.1, -0.05) is 37.5 Å². The summed E-state index contributed by atoms with van der Waals surface area (Å²) < 4.78 is 13.5. The summed E-state index contributed by atoms with van der Waals surface area (Å²) in [5, 5.41) is 1.27. The molecule has 2 aromatic carbocycles. The minimum absolute atomic E-state index is 0.281. The summed E-state index contributed by atoms with van der Waals surface area (Å²) in [6.07, 6.45) is 7.31. The molecule has 3 aromatic rings. The molecule has 2 heterocycles. The second-order valence-electron chi connectivity index (χ2n) is 8.17. The molecule has 0 saturated heterocycles. The van der Waals surface area contributed by atoms with Gasteiger partial charge in [0.1, 0.15) is 5.75 Å². The van der Waals surface area contributed by atoms with Gasteiger partial charge in [0.15, 0.2) is 0 Å². The molecule has 29 heavy (non-hydrogen) atoms. The van der Waals surface area contributed by atoms with Crippen LogP contribution in [0.2, 0.25) is 0 Å². The van der Waals surface area contributed by atoms with Gasteiger partial charge in [-0.25, -0.2) is 4.79 Å². The van der Waals surface area contributed by atoms with Gasteiger partial charge in [0, 0.05) is 23.0 Å². The molecule has 1 aliphatic heterocycles. The average molecular weight is 389 g/mol. The van der Waals surface area contributed by atoms with Crippen molar-refractivity contribution in [2.24, 2.45) is 0 Å². The fourth-order valence-corrected chi connectivity index (χ4v) is 5.14. The SMILES string of the molecule is COC(=O)c1ccc2c(C3CCCCC3)c3n(c2c1)CCCOc1ccccc1-3. The van der Waals surface area contributed by atoms with E-state index in [-0.39, 0.29) is 5.97 Å². The summed E-state index contributed by atoms with van der Waals surface area (Å²) in [7, 11) is 1.44. The number of hydrogen-bond donors (Lipinski definition) is 0. The Morgan fingerprint density at radius 1 is 1.07 bits per heavy atom. The number of hydrogen-bond acceptors (Lipinski definition) is 3. The molecule has 0 atom stereocenters. The maximum atomic E-state index is 12.2. The molecule has 5 rings (SSSR count). The number of carbonyl (C=O) groups excluding carboxylic acids is 1. The van der Waals surface area contributed by atoms with Crippen LogP contribution in [0.1, 0.15) is 60.4 Å². The van der Waals surface area contributed by atoms with E-state index in [1.807, 2.05) is 18.2 Å². The summed E-state index contributed by atoms with van der Waals surface area (Å²) in [5.74, 6) is 1.23. The first kappa shape index (κ1) is 18.3. The highest BCUT2D eigenvalue weighted by Crippen LogP contribution is 2.46. The van der Waals surface area contributed by atoms with Crippen molar-refractivity contribution in [1.29, 1.82) is 0 Å². The molecule has 0 amide bonds. The zero-order valence-electron chi connectivity index (χ0n) is 16.9. The minimum Gasteiger partial charge on any atom is -0.493 e. The largest absolute Gasteiger partial charge is 0.493 e. The number of aromatic nitrogens is 1. The van der Waals surface area contributed by atoms with Crippen LogP contribution in [-0.2, 0) is 11.3 Å². The van der Waals surface area contributed by atoms with Crippen LogP contribution in [0.25, 0.3) is 22.2 Å². The van der Waals surface area contributed by atoms with E-state index in [4.69, 9.17) is 9.47 Å². The normalized spacial score (nSPS) is 17.0. The first-order valence-corrected chi connectivity index (χ1v) is 10.7. The Kier molecular flexibility index (Phi) is 4.78. The van der Waals surface area contributed by atoms with E-state index < -0.39 is 0 Å². The maximum Gasteiger partial charge on any atom is 0.337 e. The van der Waals surface area contributed by atoms with Crippen molar-refractivity contribution < 1.29 is 14.3 Å². The number of nitrogens with zero attached hydrogens (tertiary/aromatic N) is 1. The van der Waals surface area contributed by atoms with Crippen LogP contribution in [0.4, 0.5) is 0 Å². The van der Waals surface area contributed by atoms with Gasteiger partial charge in [0.05, 0.1) is 25.0 Å². The summed E-state index contributed by atoms with van der Waals surface area (Å²) in [5.41, 5.74) is 5.64. The number of rotatable bonds is 2. The fourth-order valence-electron chi connectivity index (χ4n) is 5.14. The molecular formula is C25H27NO3. The molecule has 0 bridgehead atoms. The molecule has 1 fully saturated rings. The lowest BCUT2D eigenvalue weighted by atomic mass is 9.81. The number of para-hydroxylation sites is 1. The van der Waals surface area contributed by atoms with Crippen molar-refractivity contribution in [1.82, 2.24) is 4.57 Å². The minimum atomic E-state index is -0.281. The van der Waals surface area contributed by atoms with Gasteiger partial charge < -0.3 is 14.0 Å². The Bertz CT molecular complexity index is 1060. The molecule has 1 aromatic heterocycles. The predicted molar refractivity (Wildman–Crippen MR) is 115 cm³/mol. The van der Waals surface area contributed by atoms with E-state index in [9.17, 15) is 4.79 Å². The molecule has 1 aliphatic carbocycles. The van der Waals surface area contributed by atoms with Crippen LogP contribution in [0.3, 0.4) is 0 Å². The van der Waals surface area contributed by atoms with E-state index in [1.54, 1.807) is 0 Å². The van der Waals surface area contributed by atoms with Crippen molar-refractivity contribution in [3.63, 3.8) is 0 Å². The van der Waals surface area contributed by atoms with Crippen molar-refractivity contribution in [2.75, 3.05) is 13.7 Å². The van der Waals surface area contributed by atoms with Crippen molar-refractivity contribution in [3.05, 3.63) is 53.6 Å². The highest BCUT2D eigenvalue weighted by Gasteiger charge is 2.28. The topological polar surface area (TPSA) is 40.5 Å². The summed E-state index contributed by atoms with van der Waals surface area (Å²) in [4.78, 5) is 12.2. The molecule has 0 N–H and O–H groups in total. The van der Waals surface area contributed by atoms with Crippen LogP contribution < -0.4 is 4.74 Å². The van der Waals surface area contributed by atoms with Gasteiger partial charge in [-0.15, -0.1) is 0 Å². The lowest BCUT2D eigenvalue weighted by molar-refractivity contribution is 0.0601. The van der Waals surface area contributed by atoms with Gasteiger partial charge in [-0.2, -0.15) is 0 Å². The molecule has 4 heteroatoms. The first-order valence-electron chi connectivity index (χ1n) is 10.7. The Morgan fingerprint density at radius 2 is 1.90 bits per heavy atom. The Labute approximate surface area is 171 Å². The number of fused-ring (bicyclic) bond motifs is 5. The maximum absolute atomic E-state index is 12.2. The third-order valence-electron chi connectivity index (χ3n) is 6.46. The fraction of sp³-hybridized carbons (Fsp3) is 0.400. The third-order valence-corrected chi connectivity index (χ3v) is 6.46. The number of esters is 1. The molecule has 0 radical (unpaired) electrons. The average Bonchev–Trinajstić information content (AvgIpc) is 3.08. The van der Waals surface area contributed by atoms with Crippen molar-refractivity contribution in [3.8, 4) is 17.0 Å². The second kappa shape index (κ2) is 7.58. The molecule has 150 valence electrons. The number of aryl methyl sites for hydroxylation is 1. The van der Waals surface area contributed by atoms with E-state index in [1.165, 1.54) is 61.4 Å². The number of carbonyl (C=O) groups is 1. The van der Waals surface area contributed by atoms with Gasteiger partial charge in [-0.3, -0.25) is 0 Å². The number of methoxy groups -OCH3 is 1. The highest BCUT2D eigenvalue weighted by molar-refractivity contribution is 5.99. The Morgan fingerprint density at radius 3 is 2.72 bits per heavy atom. The smallest absolute Gasteiger partial charge is 0.337 e. The lowest BCUT2D eigenvalue weighted by Gasteiger charge is -2.25. The van der Waals surface area contributed by atoms with Crippen LogP contribution in [-0.4, -0.2) is 24.3 Å². The molecule has 0 spiro atoms. The molecule has 0 unspecified atom stereocenters. The second-order valence-corrected chi connectivity index (χ2v) is 8.17. The van der Waals surface area contributed by atoms with Gasteiger partial charge in [0.25, 0.3) is 0 Å². The standard InChI is InChI=1S/C25H27NO3/c1-28-25(27)18-12-13-19-21(16-18)26-14-7-15-29-22-11-6-5-10-20(22)24(26)23(19)17-8-3-2-4-9-17/h5-6,10-13,16-17H,2-4,7-9,14-15H2,1H3. The molecule has 4 nitrogen and oxygen atoms in total. The monoisotopic (exact) mass is 389 g/mol. The lowest BCUT2D eigenvalue weighted by Crippen LogP contribution is -2.12. The van der Waals surface area contributed by atoms with E-state index in [2.05, 4.69) is 28.8 Å². The van der Waals surface area contributed by atoms with Gasteiger partial charge >= 0.3 is 5.97 Å². The predicted octanol–water partition coefficient (Wildman–Crippen LogP) is 5.93. The third kappa shape index (κ3) is 3.11. The van der Waals surface area contributed by atoms with Crippen molar-refractivity contribution >= 4 is 16.9 Å². The van der Waals surface area contributed by atoms with Crippen LogP contribution in [0.5, 0.6) is 5.75 Å². The van der Waals surface area contributed by atoms with Crippen LogP contribution in [0, 0.1) is 0 Å². The molecular weight excluding hydrogens is 362 g/mol. The van der Waals surface area contributed by atoms with Gasteiger partial charge in [-0.05, 0) is 55.0 Å². The summed E-state index contributed by atoms with van der Waals surface area (Å²) in [6.45, 7) is 1.59. The summed E-state index contributed by atoms with van der Waals surface area (Å²) >= 11 is 0. The van der Waals surface area contributed by atoms with E-state index in [0.29, 0.717) is 18.1 Å². The molecule has 1 saturated carbocycles. The zero-order chi connectivity index (χ0) is 19.8. The van der Waals surface area contributed by atoms with Gasteiger partial charge in [0.2, 0.25) is 0 Å². The zero-order valence-corrected chi connectivity index (χ0v) is 16.9. The Hall–Kier alpha value is -2.75. The quantitative estimate of drug-likeness (QED) is 0.510. The highest BCUT2D eigenvalue weighted by atomic mass is 16.5. The Balaban J connectivity index is 1.82. The van der Waals surface area contributed by atoms with Crippen LogP contribution in [0.15, 0.2) is 42.5 Å². The summed E-state index contributed by atoms with van der Waals surface area (Å²) in [6, 6.07) is 14.5. The van der Waals surface area contributed by atoms with Crippen LogP contribution >= 0.6 is 0 Å². The number of benzene rings is 2.